The fraction of sp³-hybridized carbons (Fsp3) is 0.765. The van der Waals surface area contributed by atoms with Gasteiger partial charge in [-0.05, 0) is 43.8 Å². The Morgan fingerprint density at radius 1 is 1.26 bits per heavy atom. The predicted molar refractivity (Wildman–Crippen MR) is 105 cm³/mol. The van der Waals surface area contributed by atoms with E-state index in [1.54, 1.807) is 25.3 Å². The summed E-state index contributed by atoms with van der Waals surface area (Å²) < 4.78 is 13.5. The summed E-state index contributed by atoms with van der Waals surface area (Å²) in [5, 5.41) is 11.1. The Kier molecular flexibility index (Phi) is 5.46. The highest BCUT2D eigenvalue weighted by Gasteiger charge is 2.43. The first kappa shape index (κ1) is 21.4. The molecule has 10 heteroatoms. The molecule has 1 aliphatic rings. The number of fused-ring (bicyclic) bond motifs is 1. The molecule has 0 fully saturated rings. The maximum Gasteiger partial charge on any atom is 0.419 e. The lowest BCUT2D eigenvalue weighted by atomic mass is 10.2. The van der Waals surface area contributed by atoms with Crippen LogP contribution in [0.25, 0.3) is 0 Å². The maximum absolute atomic E-state index is 12.7. The molecule has 27 heavy (non-hydrogen) atoms. The van der Waals surface area contributed by atoms with E-state index in [1.165, 1.54) is 11.1 Å². The Morgan fingerprint density at radius 2 is 1.85 bits per heavy atom. The molecule has 0 spiro atoms. The quantitative estimate of drug-likeness (QED) is 0.434. The third-order valence-corrected chi connectivity index (χ3v) is 9.37. The second-order valence-corrected chi connectivity index (χ2v) is 14.2. The summed E-state index contributed by atoms with van der Waals surface area (Å²) >= 11 is 0. The van der Waals surface area contributed by atoms with Gasteiger partial charge in [0.2, 0.25) is 0 Å². The third-order valence-electron chi connectivity index (χ3n) is 4.84. The summed E-state index contributed by atoms with van der Waals surface area (Å²) in [4.78, 5) is 28.6. The fourth-order valence-electron chi connectivity index (χ4n) is 2.53. The monoisotopic (exact) mass is 398 g/mol. The van der Waals surface area contributed by atoms with Crippen molar-refractivity contribution in [3.05, 3.63) is 16.3 Å². The first-order chi connectivity index (χ1) is 12.1. The van der Waals surface area contributed by atoms with E-state index in [0.29, 0.717) is 6.54 Å². The van der Waals surface area contributed by atoms with Crippen LogP contribution in [0.3, 0.4) is 0 Å². The van der Waals surface area contributed by atoms with E-state index in [-0.39, 0.29) is 29.5 Å². The number of anilines is 1. The van der Waals surface area contributed by atoms with Gasteiger partial charge in [-0.15, -0.1) is 0 Å². The van der Waals surface area contributed by atoms with Gasteiger partial charge in [0, 0.05) is 4.98 Å². The Labute approximate surface area is 160 Å². The number of nitro groups is 1. The molecule has 1 aromatic heterocycles. The van der Waals surface area contributed by atoms with Crippen molar-refractivity contribution in [2.75, 3.05) is 11.4 Å². The average molecular weight is 399 g/mol. The van der Waals surface area contributed by atoms with Crippen LogP contribution in [0.1, 0.15) is 41.5 Å². The van der Waals surface area contributed by atoms with Crippen LogP contribution >= 0.6 is 0 Å². The van der Waals surface area contributed by atoms with Crippen molar-refractivity contribution < 1.29 is 18.9 Å². The first-order valence-electron chi connectivity index (χ1n) is 9.00. The molecule has 152 valence electrons. The Hall–Kier alpha value is -1.94. The minimum absolute atomic E-state index is 0.00492. The number of carbonyl (C=O) groups is 1. The Morgan fingerprint density at radius 3 is 2.33 bits per heavy atom. The van der Waals surface area contributed by atoms with Crippen molar-refractivity contribution in [1.29, 1.82) is 0 Å². The van der Waals surface area contributed by atoms with E-state index in [2.05, 4.69) is 38.8 Å². The summed E-state index contributed by atoms with van der Waals surface area (Å²) in [6.45, 7) is 16.7. The van der Waals surface area contributed by atoms with Gasteiger partial charge in [0.15, 0.2) is 8.32 Å². The summed E-state index contributed by atoms with van der Waals surface area (Å²) in [5.41, 5.74) is -0.687. The molecule has 1 aliphatic heterocycles. The number of aromatic nitrogens is 2. The van der Waals surface area contributed by atoms with E-state index < -0.39 is 24.9 Å². The number of nitrogens with zero attached hydrogens (tertiary/aromatic N) is 4. The SMILES string of the molecule is CC(C)(C)OC(=O)N1CC(O[Si](C)(C)C(C)(C)C)Cn2cc([N+](=O)[O-])nc21. The Balaban J connectivity index is 2.35. The number of hydrogen-bond acceptors (Lipinski definition) is 6. The minimum atomic E-state index is -2.09. The largest absolute Gasteiger partial charge is 0.443 e. The molecule has 0 bridgehead atoms. The smallest absolute Gasteiger partial charge is 0.419 e. The van der Waals surface area contributed by atoms with Gasteiger partial charge >= 0.3 is 17.9 Å². The van der Waals surface area contributed by atoms with Crippen LogP contribution in [0.4, 0.5) is 16.6 Å². The molecular formula is C17H30N4O5Si. The number of carbonyl (C=O) groups excluding carboxylic acids is 1. The van der Waals surface area contributed by atoms with Crippen LogP contribution in [-0.4, -0.2) is 47.1 Å². The van der Waals surface area contributed by atoms with E-state index in [0.717, 1.165) is 0 Å². The number of imidazole rings is 1. The molecular weight excluding hydrogens is 368 g/mol. The molecule has 2 rings (SSSR count). The third kappa shape index (κ3) is 4.86. The van der Waals surface area contributed by atoms with Gasteiger partial charge < -0.3 is 19.3 Å². The number of rotatable bonds is 3. The van der Waals surface area contributed by atoms with Crippen LogP contribution < -0.4 is 4.90 Å². The fourth-order valence-corrected chi connectivity index (χ4v) is 3.87. The molecule has 9 nitrogen and oxygen atoms in total. The van der Waals surface area contributed by atoms with Gasteiger partial charge in [-0.3, -0.25) is 4.57 Å². The molecule has 1 amide bonds. The average Bonchev–Trinajstić information content (AvgIpc) is 2.86. The van der Waals surface area contributed by atoms with Crippen LogP contribution in [0.5, 0.6) is 0 Å². The first-order valence-corrected chi connectivity index (χ1v) is 11.9. The van der Waals surface area contributed by atoms with Crippen molar-refractivity contribution in [2.24, 2.45) is 0 Å². The van der Waals surface area contributed by atoms with Gasteiger partial charge in [0.25, 0.3) is 0 Å². The van der Waals surface area contributed by atoms with Crippen LogP contribution in [0.2, 0.25) is 18.1 Å². The van der Waals surface area contributed by atoms with Gasteiger partial charge in [0.1, 0.15) is 11.8 Å². The number of ether oxygens (including phenoxy) is 1. The van der Waals surface area contributed by atoms with Crippen LogP contribution in [0.15, 0.2) is 6.20 Å². The lowest BCUT2D eigenvalue weighted by Gasteiger charge is -2.41. The molecule has 0 radical (unpaired) electrons. The zero-order chi connectivity index (χ0) is 20.8. The van der Waals surface area contributed by atoms with Gasteiger partial charge in [0.05, 0.1) is 19.2 Å². The molecule has 0 saturated carbocycles. The number of hydrogen-bond donors (Lipinski definition) is 0. The molecule has 1 aromatic rings. The highest BCUT2D eigenvalue weighted by atomic mass is 28.4. The zero-order valence-electron chi connectivity index (χ0n) is 17.4. The highest BCUT2D eigenvalue weighted by Crippen LogP contribution is 2.38. The van der Waals surface area contributed by atoms with Crippen molar-refractivity contribution in [2.45, 2.75) is 77.9 Å². The summed E-state index contributed by atoms with van der Waals surface area (Å²) in [7, 11) is -2.09. The lowest BCUT2D eigenvalue weighted by molar-refractivity contribution is -0.389. The van der Waals surface area contributed by atoms with Crippen molar-refractivity contribution in [1.82, 2.24) is 9.55 Å². The second kappa shape index (κ2) is 6.90. The molecule has 0 N–H and O–H groups in total. The molecule has 1 atom stereocenters. The number of amides is 1. The standard InChI is InChI=1S/C17H30N4O5Si/c1-16(2,3)25-15(22)20-10-12(26-27(7,8)17(4,5)6)9-19-11-13(21(23)24)18-14(19)20/h11-12H,9-10H2,1-8H3. The minimum Gasteiger partial charge on any atom is -0.443 e. The lowest BCUT2D eigenvalue weighted by Crippen LogP contribution is -2.52. The maximum atomic E-state index is 12.7. The summed E-state index contributed by atoms with van der Waals surface area (Å²) in [5.74, 6) is -0.0856. The highest BCUT2D eigenvalue weighted by molar-refractivity contribution is 6.74. The topological polar surface area (TPSA) is 99.7 Å². The van der Waals surface area contributed by atoms with Crippen molar-refractivity contribution in [3.63, 3.8) is 0 Å². The van der Waals surface area contributed by atoms with E-state index in [1.807, 2.05) is 0 Å². The normalized spacial score (nSPS) is 18.2. The van der Waals surface area contributed by atoms with E-state index in [4.69, 9.17) is 9.16 Å². The zero-order valence-corrected chi connectivity index (χ0v) is 18.4. The van der Waals surface area contributed by atoms with Crippen molar-refractivity contribution in [3.8, 4) is 0 Å². The van der Waals surface area contributed by atoms with Gasteiger partial charge in [-0.25, -0.2) is 9.69 Å². The van der Waals surface area contributed by atoms with E-state index >= 15 is 0 Å². The van der Waals surface area contributed by atoms with Crippen LogP contribution in [0, 0.1) is 10.1 Å². The molecule has 1 unspecified atom stereocenters. The second-order valence-electron chi connectivity index (χ2n) is 9.40. The molecule has 0 aromatic carbocycles. The van der Waals surface area contributed by atoms with Gasteiger partial charge in [-0.1, -0.05) is 20.8 Å². The molecule has 0 aliphatic carbocycles. The van der Waals surface area contributed by atoms with Gasteiger partial charge in [-0.2, -0.15) is 0 Å². The molecule has 0 saturated heterocycles. The Bertz CT molecular complexity index is 733. The summed E-state index contributed by atoms with van der Waals surface area (Å²) in [6, 6.07) is 0. The predicted octanol–water partition coefficient (Wildman–Crippen LogP) is 3.94. The van der Waals surface area contributed by atoms with E-state index in [9.17, 15) is 14.9 Å². The van der Waals surface area contributed by atoms with Crippen LogP contribution in [-0.2, 0) is 15.7 Å². The summed E-state index contributed by atoms with van der Waals surface area (Å²) in [6.07, 6.45) is 0.459. The van der Waals surface area contributed by atoms with Crippen molar-refractivity contribution >= 4 is 26.2 Å². The molecule has 2 heterocycles.